The third-order valence-electron chi connectivity index (χ3n) is 3.80. The van der Waals surface area contributed by atoms with E-state index in [1.165, 1.54) is 0 Å². The summed E-state index contributed by atoms with van der Waals surface area (Å²) >= 11 is 0. The molecule has 2 amide bonds. The minimum atomic E-state index is -0.442. The molecule has 1 aromatic heterocycles. The number of H-pyrrole nitrogens is 1. The summed E-state index contributed by atoms with van der Waals surface area (Å²) in [6.07, 6.45) is 4.25. The predicted molar refractivity (Wildman–Crippen MR) is 82.1 cm³/mol. The smallest absolute Gasteiger partial charge is 0.251 e. The van der Waals surface area contributed by atoms with E-state index >= 15 is 0 Å². The van der Waals surface area contributed by atoms with Gasteiger partial charge in [-0.2, -0.15) is 5.10 Å². The minimum Gasteiger partial charge on any atom is -0.354 e. The zero-order valence-corrected chi connectivity index (χ0v) is 12.1. The van der Waals surface area contributed by atoms with Gasteiger partial charge in [-0.15, -0.1) is 0 Å². The number of rotatable bonds is 3. The number of hydrogen-bond donors (Lipinski definition) is 3. The molecule has 1 aliphatic rings. The lowest BCUT2D eigenvalue weighted by Crippen LogP contribution is -2.45. The Bertz CT molecular complexity index is 649. The fourth-order valence-corrected chi connectivity index (χ4v) is 2.54. The highest BCUT2D eigenvalue weighted by Crippen LogP contribution is 2.17. The standard InChI is InChI=1S/C16H18N4O2/c21-15(19-14-3-1-2-9-17-16(14)22)12-6-4-11(5-7-12)13-8-10-18-20-13/h4-8,10,14H,1-3,9H2,(H,17,22)(H,18,20)(H,19,21). The van der Waals surface area contributed by atoms with Crippen molar-refractivity contribution >= 4 is 11.8 Å². The van der Waals surface area contributed by atoms with Gasteiger partial charge in [0, 0.05) is 18.3 Å². The van der Waals surface area contributed by atoms with Crippen molar-refractivity contribution in [3.8, 4) is 11.3 Å². The van der Waals surface area contributed by atoms with Crippen LogP contribution in [0.15, 0.2) is 36.5 Å². The lowest BCUT2D eigenvalue weighted by molar-refractivity contribution is -0.122. The Morgan fingerprint density at radius 2 is 2.00 bits per heavy atom. The number of benzene rings is 1. The molecule has 0 spiro atoms. The number of nitrogens with zero attached hydrogens (tertiary/aromatic N) is 1. The number of hydrogen-bond acceptors (Lipinski definition) is 3. The second-order valence-corrected chi connectivity index (χ2v) is 5.36. The van der Waals surface area contributed by atoms with Crippen molar-refractivity contribution in [2.45, 2.75) is 25.3 Å². The zero-order chi connectivity index (χ0) is 15.4. The van der Waals surface area contributed by atoms with E-state index in [1.807, 2.05) is 18.2 Å². The van der Waals surface area contributed by atoms with Crippen LogP contribution in [0.1, 0.15) is 29.6 Å². The molecule has 114 valence electrons. The van der Waals surface area contributed by atoms with Gasteiger partial charge in [-0.25, -0.2) is 0 Å². The minimum absolute atomic E-state index is 0.0973. The molecule has 1 fully saturated rings. The first-order chi connectivity index (χ1) is 10.7. The normalized spacial score (nSPS) is 18.4. The van der Waals surface area contributed by atoms with Crippen LogP contribution in [0.5, 0.6) is 0 Å². The maximum Gasteiger partial charge on any atom is 0.251 e. The highest BCUT2D eigenvalue weighted by Gasteiger charge is 2.22. The first-order valence-corrected chi connectivity index (χ1v) is 7.42. The molecule has 0 radical (unpaired) electrons. The van der Waals surface area contributed by atoms with E-state index < -0.39 is 6.04 Å². The van der Waals surface area contributed by atoms with Crippen molar-refractivity contribution in [1.82, 2.24) is 20.8 Å². The van der Waals surface area contributed by atoms with Gasteiger partial charge in [0.25, 0.3) is 5.91 Å². The Kier molecular flexibility index (Phi) is 4.18. The molecule has 2 heterocycles. The summed E-state index contributed by atoms with van der Waals surface area (Å²) in [6.45, 7) is 0.685. The molecule has 0 bridgehead atoms. The largest absolute Gasteiger partial charge is 0.354 e. The Hall–Kier alpha value is -2.63. The lowest BCUT2D eigenvalue weighted by atomic mass is 10.1. The summed E-state index contributed by atoms with van der Waals surface area (Å²) in [5.74, 6) is -0.321. The van der Waals surface area contributed by atoms with Gasteiger partial charge in [0.05, 0.1) is 5.69 Å². The van der Waals surface area contributed by atoms with Crippen LogP contribution in [0.3, 0.4) is 0 Å². The number of aromatic amines is 1. The first-order valence-electron chi connectivity index (χ1n) is 7.42. The van der Waals surface area contributed by atoms with Crippen molar-refractivity contribution in [1.29, 1.82) is 0 Å². The second kappa shape index (κ2) is 6.43. The SMILES string of the molecule is O=C(NC1CCCCNC1=O)c1ccc(-c2ccn[nH]2)cc1. The molecular formula is C16H18N4O2. The van der Waals surface area contributed by atoms with E-state index in [0.717, 1.165) is 24.1 Å². The third kappa shape index (κ3) is 3.16. The average molecular weight is 298 g/mol. The van der Waals surface area contributed by atoms with E-state index in [4.69, 9.17) is 0 Å². The van der Waals surface area contributed by atoms with Crippen molar-refractivity contribution in [3.63, 3.8) is 0 Å². The van der Waals surface area contributed by atoms with Crippen LogP contribution in [0.2, 0.25) is 0 Å². The Morgan fingerprint density at radius 1 is 1.18 bits per heavy atom. The molecule has 0 aliphatic carbocycles. The summed E-state index contributed by atoms with van der Waals surface area (Å²) in [5, 5.41) is 12.4. The second-order valence-electron chi connectivity index (χ2n) is 5.36. The van der Waals surface area contributed by atoms with Crippen LogP contribution in [-0.4, -0.2) is 34.6 Å². The van der Waals surface area contributed by atoms with Gasteiger partial charge in [0.2, 0.25) is 5.91 Å². The molecule has 0 saturated carbocycles. The van der Waals surface area contributed by atoms with Crippen molar-refractivity contribution in [3.05, 3.63) is 42.1 Å². The van der Waals surface area contributed by atoms with Gasteiger partial charge in [-0.3, -0.25) is 14.7 Å². The van der Waals surface area contributed by atoms with Crippen molar-refractivity contribution in [2.24, 2.45) is 0 Å². The van der Waals surface area contributed by atoms with Gasteiger partial charge in [0.1, 0.15) is 6.04 Å². The predicted octanol–water partition coefficient (Wildman–Crippen LogP) is 1.48. The Balaban J connectivity index is 1.68. The molecule has 1 atom stereocenters. The number of amides is 2. The van der Waals surface area contributed by atoms with Gasteiger partial charge in [-0.1, -0.05) is 12.1 Å². The fourth-order valence-electron chi connectivity index (χ4n) is 2.54. The topological polar surface area (TPSA) is 86.9 Å². The van der Waals surface area contributed by atoms with Crippen LogP contribution >= 0.6 is 0 Å². The molecule has 3 rings (SSSR count). The number of nitrogens with one attached hydrogen (secondary N) is 3. The molecule has 22 heavy (non-hydrogen) atoms. The summed E-state index contributed by atoms with van der Waals surface area (Å²) in [6, 6.07) is 8.64. The van der Waals surface area contributed by atoms with E-state index in [1.54, 1.807) is 18.3 Å². The van der Waals surface area contributed by atoms with Gasteiger partial charge in [-0.05, 0) is 43.0 Å². The van der Waals surface area contributed by atoms with E-state index in [-0.39, 0.29) is 11.8 Å². The molecule has 1 unspecified atom stereocenters. The molecule has 3 N–H and O–H groups in total. The summed E-state index contributed by atoms with van der Waals surface area (Å²) in [4.78, 5) is 24.1. The molecule has 1 saturated heterocycles. The van der Waals surface area contributed by atoms with Gasteiger partial charge in [0.15, 0.2) is 0 Å². The zero-order valence-electron chi connectivity index (χ0n) is 12.1. The Labute approximate surface area is 128 Å². The van der Waals surface area contributed by atoms with Gasteiger partial charge < -0.3 is 10.6 Å². The van der Waals surface area contributed by atoms with Crippen LogP contribution < -0.4 is 10.6 Å². The lowest BCUT2D eigenvalue weighted by Gasteiger charge is -2.15. The molecule has 1 aliphatic heterocycles. The summed E-state index contributed by atoms with van der Waals surface area (Å²) in [7, 11) is 0. The van der Waals surface area contributed by atoms with Crippen LogP contribution in [0, 0.1) is 0 Å². The van der Waals surface area contributed by atoms with Crippen LogP contribution in [0.4, 0.5) is 0 Å². The molecule has 6 nitrogen and oxygen atoms in total. The van der Waals surface area contributed by atoms with Crippen molar-refractivity contribution in [2.75, 3.05) is 6.54 Å². The maximum atomic E-state index is 12.3. The number of carbonyl (C=O) groups is 2. The van der Waals surface area contributed by atoms with Gasteiger partial charge >= 0.3 is 0 Å². The van der Waals surface area contributed by atoms with E-state index in [2.05, 4.69) is 20.8 Å². The average Bonchev–Trinajstić information content (AvgIpc) is 3.00. The summed E-state index contributed by atoms with van der Waals surface area (Å²) < 4.78 is 0. The molecular weight excluding hydrogens is 280 g/mol. The van der Waals surface area contributed by atoms with E-state index in [9.17, 15) is 9.59 Å². The number of aromatic nitrogens is 2. The monoisotopic (exact) mass is 298 g/mol. The van der Waals surface area contributed by atoms with Crippen LogP contribution in [0.25, 0.3) is 11.3 Å². The molecule has 2 aromatic rings. The quantitative estimate of drug-likeness (QED) is 0.802. The summed E-state index contributed by atoms with van der Waals surface area (Å²) in [5.41, 5.74) is 2.40. The highest BCUT2D eigenvalue weighted by atomic mass is 16.2. The fraction of sp³-hybridized carbons (Fsp3) is 0.312. The number of carbonyl (C=O) groups excluding carboxylic acids is 2. The van der Waals surface area contributed by atoms with Crippen molar-refractivity contribution < 1.29 is 9.59 Å². The first kappa shape index (κ1) is 14.3. The maximum absolute atomic E-state index is 12.3. The molecule has 6 heteroatoms. The Morgan fingerprint density at radius 3 is 2.73 bits per heavy atom. The highest BCUT2D eigenvalue weighted by molar-refractivity contribution is 5.97. The van der Waals surface area contributed by atoms with Crippen LogP contribution in [-0.2, 0) is 4.79 Å². The molecule has 1 aromatic carbocycles. The third-order valence-corrected chi connectivity index (χ3v) is 3.80. The van der Waals surface area contributed by atoms with E-state index in [0.29, 0.717) is 18.5 Å².